The normalized spacial score (nSPS) is 11.1. The zero-order valence-corrected chi connectivity index (χ0v) is 19.7. The van der Waals surface area contributed by atoms with Gasteiger partial charge in [0.05, 0.1) is 26.0 Å². The lowest BCUT2D eigenvalue weighted by atomic mass is 10.1. The van der Waals surface area contributed by atoms with E-state index in [1.807, 2.05) is 37.4 Å². The van der Waals surface area contributed by atoms with Crippen molar-refractivity contribution >= 4 is 34.9 Å². The van der Waals surface area contributed by atoms with Gasteiger partial charge in [-0.3, -0.25) is 9.59 Å². The maximum atomic E-state index is 13.2. The monoisotopic (exact) mass is 466 g/mol. The number of rotatable bonds is 9. The molecule has 2 aromatic carbocycles. The smallest absolute Gasteiger partial charge is 0.272 e. The van der Waals surface area contributed by atoms with Gasteiger partial charge in [-0.1, -0.05) is 18.2 Å². The first-order valence-corrected chi connectivity index (χ1v) is 11.1. The van der Waals surface area contributed by atoms with Crippen LogP contribution in [-0.2, 0) is 4.79 Å². The Morgan fingerprint density at radius 1 is 0.939 bits per heavy atom. The molecule has 3 rings (SSSR count). The van der Waals surface area contributed by atoms with E-state index in [2.05, 4.69) is 10.6 Å². The highest BCUT2D eigenvalue weighted by atomic mass is 32.1. The predicted octanol–water partition coefficient (Wildman–Crippen LogP) is 4.96. The van der Waals surface area contributed by atoms with Crippen molar-refractivity contribution < 1.29 is 23.8 Å². The number of carbonyl (C=O) groups is 2. The summed E-state index contributed by atoms with van der Waals surface area (Å²) in [5.74, 6) is 0.529. The number of thiophene rings is 1. The van der Waals surface area contributed by atoms with Crippen molar-refractivity contribution in [2.75, 3.05) is 19.5 Å². The Balaban J connectivity index is 1.87. The molecule has 172 valence electrons. The number of para-hydroxylation sites is 2. The lowest BCUT2D eigenvalue weighted by molar-refractivity contribution is -0.113. The van der Waals surface area contributed by atoms with E-state index in [1.165, 1.54) is 25.6 Å². The summed E-state index contributed by atoms with van der Waals surface area (Å²) >= 11 is 1.45. The molecule has 1 aromatic heterocycles. The van der Waals surface area contributed by atoms with Crippen LogP contribution in [-0.4, -0.2) is 32.1 Å². The molecule has 0 aliphatic carbocycles. The first kappa shape index (κ1) is 23.9. The Kier molecular flexibility index (Phi) is 8.10. The summed E-state index contributed by atoms with van der Waals surface area (Å²) in [6, 6.07) is 15.7. The number of ether oxygens (including phenoxy) is 3. The van der Waals surface area contributed by atoms with Gasteiger partial charge in [0.15, 0.2) is 11.5 Å². The Hall–Kier alpha value is -3.78. The summed E-state index contributed by atoms with van der Waals surface area (Å²) in [4.78, 5) is 27.0. The Bertz CT molecular complexity index is 1140. The third kappa shape index (κ3) is 6.36. The molecular weight excluding hydrogens is 440 g/mol. The fourth-order valence-electron chi connectivity index (χ4n) is 2.96. The van der Waals surface area contributed by atoms with E-state index in [0.717, 1.165) is 4.88 Å². The molecule has 2 N–H and O–H groups in total. The summed E-state index contributed by atoms with van der Waals surface area (Å²) in [5.41, 5.74) is 0.923. The molecule has 33 heavy (non-hydrogen) atoms. The van der Waals surface area contributed by atoms with Crippen LogP contribution in [0.1, 0.15) is 29.1 Å². The molecule has 2 amide bonds. The third-order valence-electron chi connectivity index (χ3n) is 4.47. The van der Waals surface area contributed by atoms with Gasteiger partial charge in [-0.05, 0) is 61.7 Å². The average molecular weight is 467 g/mol. The minimum absolute atomic E-state index is 0.0612. The summed E-state index contributed by atoms with van der Waals surface area (Å²) in [5, 5.41) is 7.45. The SMILES string of the molecule is COc1ccc(C(=O)N/C(=C\c2cccs2)C(=O)Nc2ccccc2OC(C)C)cc1OC. The minimum Gasteiger partial charge on any atom is -0.493 e. The first-order chi connectivity index (χ1) is 15.9. The van der Waals surface area contributed by atoms with E-state index >= 15 is 0 Å². The molecule has 7 nitrogen and oxygen atoms in total. The molecule has 1 heterocycles. The molecule has 0 spiro atoms. The van der Waals surface area contributed by atoms with E-state index in [1.54, 1.807) is 42.5 Å². The highest BCUT2D eigenvalue weighted by Gasteiger charge is 2.18. The van der Waals surface area contributed by atoms with Crippen molar-refractivity contribution in [1.29, 1.82) is 0 Å². The van der Waals surface area contributed by atoms with Gasteiger partial charge in [0.1, 0.15) is 11.4 Å². The summed E-state index contributed by atoms with van der Waals surface area (Å²) < 4.78 is 16.3. The second kappa shape index (κ2) is 11.2. The molecule has 0 unspecified atom stereocenters. The van der Waals surface area contributed by atoms with Crippen LogP contribution in [0.2, 0.25) is 0 Å². The Morgan fingerprint density at radius 3 is 2.36 bits per heavy atom. The number of amides is 2. The second-order valence-electron chi connectivity index (χ2n) is 7.21. The topological polar surface area (TPSA) is 85.9 Å². The van der Waals surface area contributed by atoms with Crippen molar-refractivity contribution in [2.45, 2.75) is 20.0 Å². The molecule has 0 bridgehead atoms. The highest BCUT2D eigenvalue weighted by Crippen LogP contribution is 2.28. The maximum absolute atomic E-state index is 13.2. The largest absolute Gasteiger partial charge is 0.493 e. The average Bonchev–Trinajstić information content (AvgIpc) is 3.32. The number of benzene rings is 2. The van der Waals surface area contributed by atoms with Crippen molar-refractivity contribution in [3.05, 3.63) is 76.1 Å². The number of nitrogens with one attached hydrogen (secondary N) is 2. The van der Waals surface area contributed by atoms with E-state index in [9.17, 15) is 9.59 Å². The van der Waals surface area contributed by atoms with Crippen molar-refractivity contribution in [2.24, 2.45) is 0 Å². The molecule has 0 saturated heterocycles. The fourth-order valence-corrected chi connectivity index (χ4v) is 3.62. The number of methoxy groups -OCH3 is 2. The van der Waals surface area contributed by atoms with Crippen molar-refractivity contribution in [3.63, 3.8) is 0 Å². The number of hydrogen-bond donors (Lipinski definition) is 2. The molecule has 0 radical (unpaired) electrons. The van der Waals surface area contributed by atoms with Crippen molar-refractivity contribution in [3.8, 4) is 17.2 Å². The predicted molar refractivity (Wildman–Crippen MR) is 130 cm³/mol. The summed E-state index contributed by atoms with van der Waals surface area (Å²) in [7, 11) is 3.01. The lowest BCUT2D eigenvalue weighted by Gasteiger charge is -2.16. The van der Waals surface area contributed by atoms with Gasteiger partial charge in [0.2, 0.25) is 0 Å². The second-order valence-corrected chi connectivity index (χ2v) is 8.19. The van der Waals surface area contributed by atoms with Gasteiger partial charge in [0, 0.05) is 10.4 Å². The molecule has 0 saturated carbocycles. The molecule has 0 aliphatic heterocycles. The van der Waals surface area contributed by atoms with Crippen molar-refractivity contribution in [1.82, 2.24) is 5.32 Å². The number of anilines is 1. The molecular formula is C25H26N2O5S. The zero-order chi connectivity index (χ0) is 23.8. The summed E-state index contributed by atoms with van der Waals surface area (Å²) in [6.45, 7) is 3.81. The van der Waals surface area contributed by atoms with Gasteiger partial charge in [-0.2, -0.15) is 0 Å². The van der Waals surface area contributed by atoms with Gasteiger partial charge >= 0.3 is 0 Å². The molecule has 3 aromatic rings. The van der Waals surface area contributed by atoms with Crippen LogP contribution in [0.4, 0.5) is 5.69 Å². The van der Waals surface area contributed by atoms with Crippen LogP contribution < -0.4 is 24.8 Å². The van der Waals surface area contributed by atoms with Crippen LogP contribution >= 0.6 is 11.3 Å². The Morgan fingerprint density at radius 2 is 1.70 bits per heavy atom. The van der Waals surface area contributed by atoms with Crippen LogP contribution in [0, 0.1) is 0 Å². The maximum Gasteiger partial charge on any atom is 0.272 e. The lowest BCUT2D eigenvalue weighted by Crippen LogP contribution is -2.31. The van der Waals surface area contributed by atoms with E-state index in [0.29, 0.717) is 28.5 Å². The number of hydrogen-bond acceptors (Lipinski definition) is 6. The standard InChI is InChI=1S/C25H26N2O5S/c1-16(2)32-21-10-6-5-9-19(21)26-25(29)20(15-18-8-7-13-33-18)27-24(28)17-11-12-22(30-3)23(14-17)31-4/h5-16H,1-4H3,(H,26,29)(H,27,28)/b20-15-. The van der Waals surface area contributed by atoms with Crippen LogP contribution in [0.25, 0.3) is 6.08 Å². The van der Waals surface area contributed by atoms with E-state index < -0.39 is 11.8 Å². The highest BCUT2D eigenvalue weighted by molar-refractivity contribution is 7.10. The van der Waals surface area contributed by atoms with Gasteiger partial charge in [-0.15, -0.1) is 11.3 Å². The fraction of sp³-hybridized carbons (Fsp3) is 0.200. The van der Waals surface area contributed by atoms with E-state index in [-0.39, 0.29) is 11.8 Å². The third-order valence-corrected chi connectivity index (χ3v) is 5.29. The van der Waals surface area contributed by atoms with Crippen LogP contribution in [0.5, 0.6) is 17.2 Å². The van der Waals surface area contributed by atoms with Gasteiger partial charge in [-0.25, -0.2) is 0 Å². The Labute approximate surface area is 197 Å². The minimum atomic E-state index is -0.475. The molecule has 0 atom stereocenters. The van der Waals surface area contributed by atoms with Crippen LogP contribution in [0.3, 0.4) is 0 Å². The summed E-state index contributed by atoms with van der Waals surface area (Å²) in [6.07, 6.45) is 1.57. The van der Waals surface area contributed by atoms with Crippen LogP contribution in [0.15, 0.2) is 65.7 Å². The molecule has 0 fully saturated rings. The zero-order valence-electron chi connectivity index (χ0n) is 18.9. The quantitative estimate of drug-likeness (QED) is 0.435. The number of carbonyl (C=O) groups excluding carboxylic acids is 2. The van der Waals surface area contributed by atoms with Gasteiger partial charge < -0.3 is 24.8 Å². The van der Waals surface area contributed by atoms with E-state index in [4.69, 9.17) is 14.2 Å². The molecule has 8 heteroatoms. The van der Waals surface area contributed by atoms with Gasteiger partial charge in [0.25, 0.3) is 11.8 Å². The molecule has 0 aliphatic rings. The first-order valence-electron chi connectivity index (χ1n) is 10.3.